The number of carbonyl (C=O) groups is 1. The molecule has 1 aliphatic rings. The number of benzene rings is 2. The number of amides is 1. The van der Waals surface area contributed by atoms with Gasteiger partial charge in [-0.1, -0.05) is 36.4 Å². The number of nitrogens with zero attached hydrogens (tertiary/aromatic N) is 1. The highest BCUT2D eigenvalue weighted by atomic mass is 16.1. The summed E-state index contributed by atoms with van der Waals surface area (Å²) in [6.07, 6.45) is 5.33. The van der Waals surface area contributed by atoms with Crippen molar-refractivity contribution in [3.63, 3.8) is 0 Å². The maximum absolute atomic E-state index is 11.5. The van der Waals surface area contributed by atoms with Crippen LogP contribution in [0.15, 0.2) is 60.8 Å². The largest absolute Gasteiger partial charge is 0.366 e. The Kier molecular flexibility index (Phi) is 4.12. The molecule has 0 radical (unpaired) electrons. The first kappa shape index (κ1) is 15.7. The van der Waals surface area contributed by atoms with Crippen LogP contribution in [0, 0.1) is 0 Å². The highest BCUT2D eigenvalue weighted by Crippen LogP contribution is 2.30. The van der Waals surface area contributed by atoms with E-state index in [0.29, 0.717) is 5.56 Å². The Bertz CT molecular complexity index is 940. The topological polar surface area (TPSA) is 62.1 Å². The molecule has 0 saturated heterocycles. The van der Waals surface area contributed by atoms with Gasteiger partial charge in [-0.25, -0.2) is 0 Å². The van der Waals surface area contributed by atoms with E-state index < -0.39 is 0 Å². The van der Waals surface area contributed by atoms with Crippen molar-refractivity contribution in [1.29, 1.82) is 0 Å². The number of nitrogens with one attached hydrogen (secondary N) is 1. The van der Waals surface area contributed by atoms with Crippen LogP contribution in [-0.2, 0) is 6.54 Å². The molecule has 126 valence electrons. The summed E-state index contributed by atoms with van der Waals surface area (Å²) in [5.41, 5.74) is 10.9. The van der Waals surface area contributed by atoms with Gasteiger partial charge in [-0.05, 0) is 35.8 Å². The number of H-pyrrole nitrogens is 1. The average molecular weight is 331 g/mol. The number of nitrogens with two attached hydrogens (primary N) is 1. The van der Waals surface area contributed by atoms with Crippen molar-refractivity contribution >= 4 is 22.4 Å². The summed E-state index contributed by atoms with van der Waals surface area (Å²) < 4.78 is 0. The lowest BCUT2D eigenvalue weighted by Gasteiger charge is -2.26. The zero-order valence-electron chi connectivity index (χ0n) is 14.0. The third-order valence-electron chi connectivity index (χ3n) is 4.85. The smallest absolute Gasteiger partial charge is 0.248 e. The summed E-state index contributed by atoms with van der Waals surface area (Å²) in [6, 6.07) is 16.1. The molecule has 0 bridgehead atoms. The number of aromatic amines is 1. The van der Waals surface area contributed by atoms with Crippen LogP contribution in [0.5, 0.6) is 0 Å². The van der Waals surface area contributed by atoms with E-state index in [-0.39, 0.29) is 5.91 Å². The minimum Gasteiger partial charge on any atom is -0.366 e. The molecule has 0 saturated carbocycles. The number of carbonyl (C=O) groups excluding carboxylic acids is 1. The Hall–Kier alpha value is -2.85. The average Bonchev–Trinajstić information content (AvgIpc) is 3.06. The molecule has 2 heterocycles. The molecular formula is C21H21N3O. The van der Waals surface area contributed by atoms with E-state index in [1.807, 2.05) is 18.3 Å². The minimum absolute atomic E-state index is 0.388. The van der Waals surface area contributed by atoms with Gasteiger partial charge in [0.1, 0.15) is 0 Å². The van der Waals surface area contributed by atoms with Crippen LogP contribution in [0.3, 0.4) is 0 Å². The Morgan fingerprint density at radius 2 is 2.00 bits per heavy atom. The molecular weight excluding hydrogens is 310 g/mol. The van der Waals surface area contributed by atoms with E-state index in [2.05, 4.69) is 46.3 Å². The van der Waals surface area contributed by atoms with Crippen LogP contribution in [0.1, 0.15) is 27.9 Å². The fourth-order valence-electron chi connectivity index (χ4n) is 3.48. The Labute approximate surface area is 146 Å². The van der Waals surface area contributed by atoms with E-state index in [1.54, 1.807) is 6.07 Å². The molecule has 25 heavy (non-hydrogen) atoms. The summed E-state index contributed by atoms with van der Waals surface area (Å²) in [7, 11) is 0. The van der Waals surface area contributed by atoms with Crippen molar-refractivity contribution in [2.24, 2.45) is 5.73 Å². The maximum atomic E-state index is 11.5. The Balaban J connectivity index is 1.56. The van der Waals surface area contributed by atoms with E-state index in [9.17, 15) is 4.79 Å². The van der Waals surface area contributed by atoms with Crippen molar-refractivity contribution in [2.75, 3.05) is 13.1 Å². The van der Waals surface area contributed by atoms with Gasteiger partial charge in [-0.2, -0.15) is 0 Å². The molecule has 4 rings (SSSR count). The zero-order valence-corrected chi connectivity index (χ0v) is 14.0. The van der Waals surface area contributed by atoms with E-state index >= 15 is 0 Å². The van der Waals surface area contributed by atoms with Crippen molar-refractivity contribution in [3.8, 4) is 0 Å². The quantitative estimate of drug-likeness (QED) is 0.768. The number of aromatic nitrogens is 1. The molecule has 0 unspecified atom stereocenters. The van der Waals surface area contributed by atoms with Crippen molar-refractivity contribution in [2.45, 2.75) is 13.0 Å². The van der Waals surface area contributed by atoms with Gasteiger partial charge in [0.2, 0.25) is 5.91 Å². The summed E-state index contributed by atoms with van der Waals surface area (Å²) in [4.78, 5) is 17.2. The lowest BCUT2D eigenvalue weighted by atomic mass is 9.97. The summed E-state index contributed by atoms with van der Waals surface area (Å²) in [6.45, 7) is 2.94. The van der Waals surface area contributed by atoms with E-state index in [1.165, 1.54) is 16.7 Å². The normalized spacial score (nSPS) is 15.3. The summed E-state index contributed by atoms with van der Waals surface area (Å²) >= 11 is 0. The summed E-state index contributed by atoms with van der Waals surface area (Å²) in [5.74, 6) is -0.388. The van der Waals surface area contributed by atoms with Crippen LogP contribution >= 0.6 is 0 Å². The highest BCUT2D eigenvalue weighted by molar-refractivity contribution is 6.00. The van der Waals surface area contributed by atoms with Gasteiger partial charge < -0.3 is 10.7 Å². The van der Waals surface area contributed by atoms with Crippen LogP contribution in [0.2, 0.25) is 0 Å². The minimum atomic E-state index is -0.388. The van der Waals surface area contributed by atoms with Crippen LogP contribution in [-0.4, -0.2) is 28.9 Å². The molecule has 1 amide bonds. The number of fused-ring (bicyclic) bond motifs is 1. The maximum Gasteiger partial charge on any atom is 0.248 e. The van der Waals surface area contributed by atoms with E-state index in [0.717, 1.165) is 37.0 Å². The fraction of sp³-hybridized carbons (Fsp3) is 0.190. The van der Waals surface area contributed by atoms with Gasteiger partial charge in [-0.3, -0.25) is 9.69 Å². The third-order valence-corrected chi connectivity index (χ3v) is 4.85. The molecule has 3 N–H and O–H groups in total. The zero-order chi connectivity index (χ0) is 17.2. The van der Waals surface area contributed by atoms with Gasteiger partial charge in [0.05, 0.1) is 0 Å². The lowest BCUT2D eigenvalue weighted by molar-refractivity contribution is 0.100. The lowest BCUT2D eigenvalue weighted by Crippen LogP contribution is -2.27. The molecule has 1 aromatic heterocycles. The highest BCUT2D eigenvalue weighted by Gasteiger charge is 2.16. The summed E-state index contributed by atoms with van der Waals surface area (Å²) in [5, 5.41) is 1.07. The molecule has 0 aliphatic carbocycles. The molecule has 0 fully saturated rings. The van der Waals surface area contributed by atoms with Gasteiger partial charge in [-0.15, -0.1) is 0 Å². The van der Waals surface area contributed by atoms with E-state index in [4.69, 9.17) is 5.73 Å². The van der Waals surface area contributed by atoms with Crippen molar-refractivity contribution in [1.82, 2.24) is 9.88 Å². The van der Waals surface area contributed by atoms with Gasteiger partial charge in [0.15, 0.2) is 0 Å². The van der Waals surface area contributed by atoms with Crippen LogP contribution in [0.4, 0.5) is 0 Å². The van der Waals surface area contributed by atoms with Crippen LogP contribution < -0.4 is 5.73 Å². The number of hydrogen-bond acceptors (Lipinski definition) is 2. The predicted molar refractivity (Wildman–Crippen MR) is 101 cm³/mol. The molecule has 1 aliphatic heterocycles. The molecule has 4 heteroatoms. The first-order chi connectivity index (χ1) is 12.2. The monoisotopic (exact) mass is 331 g/mol. The number of rotatable bonds is 4. The first-order valence-electron chi connectivity index (χ1n) is 8.57. The second-order valence-corrected chi connectivity index (χ2v) is 6.53. The molecule has 2 aromatic carbocycles. The second-order valence-electron chi connectivity index (χ2n) is 6.53. The second kappa shape index (κ2) is 6.57. The van der Waals surface area contributed by atoms with Crippen molar-refractivity contribution in [3.05, 3.63) is 77.5 Å². The van der Waals surface area contributed by atoms with Gasteiger partial charge >= 0.3 is 0 Å². The standard InChI is InChI=1S/C21H21N3O/c22-21(25)17-6-7-20-18(12-17)19(13-23-20)16-8-10-24(11-9-16)14-15-4-2-1-3-5-15/h1-8,12-13,23H,9-11,14H2,(H2,22,25). The third kappa shape index (κ3) is 3.21. The van der Waals surface area contributed by atoms with Crippen molar-refractivity contribution < 1.29 is 4.79 Å². The Morgan fingerprint density at radius 3 is 2.72 bits per heavy atom. The van der Waals surface area contributed by atoms with Gasteiger partial charge in [0.25, 0.3) is 0 Å². The molecule has 4 nitrogen and oxygen atoms in total. The number of primary amides is 1. The molecule has 3 aromatic rings. The fourth-order valence-corrected chi connectivity index (χ4v) is 3.48. The SMILES string of the molecule is NC(=O)c1ccc2[nH]cc(C3=CCN(Cc4ccccc4)CC3)c2c1. The molecule has 0 atom stereocenters. The molecule has 0 spiro atoms. The predicted octanol–water partition coefficient (Wildman–Crippen LogP) is 3.56. The Morgan fingerprint density at radius 1 is 1.16 bits per heavy atom. The number of hydrogen-bond donors (Lipinski definition) is 2. The van der Waals surface area contributed by atoms with Gasteiger partial charge in [0, 0.05) is 47.9 Å². The van der Waals surface area contributed by atoms with Crippen LogP contribution in [0.25, 0.3) is 16.5 Å². The first-order valence-corrected chi connectivity index (χ1v) is 8.57.